The van der Waals surface area contributed by atoms with Gasteiger partial charge in [0.2, 0.25) is 0 Å². The molecular formula is C24H22N2O5S. The largest absolute Gasteiger partial charge is 0.493 e. The number of esters is 1. The minimum Gasteiger partial charge on any atom is -0.493 e. The predicted octanol–water partition coefficient (Wildman–Crippen LogP) is 2.43. The van der Waals surface area contributed by atoms with Gasteiger partial charge < -0.3 is 14.2 Å². The minimum absolute atomic E-state index is 0.230. The quantitative estimate of drug-likeness (QED) is 0.558. The number of ether oxygens (including phenoxy) is 3. The first-order valence-corrected chi connectivity index (χ1v) is 10.7. The zero-order valence-electron chi connectivity index (χ0n) is 18.1. The lowest BCUT2D eigenvalue weighted by molar-refractivity contribution is -0.136. The molecule has 0 N–H and O–H groups in total. The molecule has 0 bridgehead atoms. The number of allylic oxidation sites excluding steroid dienone is 1. The average molecular weight is 451 g/mol. The van der Waals surface area contributed by atoms with Crippen LogP contribution in [0.3, 0.4) is 0 Å². The molecule has 0 aliphatic carbocycles. The number of hydrogen-bond acceptors (Lipinski definition) is 7. The van der Waals surface area contributed by atoms with Crippen molar-refractivity contribution in [3.63, 3.8) is 0 Å². The highest BCUT2D eigenvalue weighted by Crippen LogP contribution is 2.30. The molecule has 2 heterocycles. The Bertz CT molecular complexity index is 1390. The molecule has 1 aliphatic heterocycles. The van der Waals surface area contributed by atoms with Gasteiger partial charge in [-0.15, -0.1) is 0 Å². The van der Waals surface area contributed by atoms with Crippen LogP contribution in [-0.2, 0) is 9.53 Å². The molecule has 0 radical (unpaired) electrons. The normalized spacial score (nSPS) is 15.8. The fraction of sp³-hybridized carbons (Fsp3) is 0.208. The summed E-state index contributed by atoms with van der Waals surface area (Å²) in [6.07, 6.45) is 1.78. The average Bonchev–Trinajstić information content (AvgIpc) is 3.12. The Labute approximate surface area is 188 Å². The molecule has 8 heteroatoms. The molecule has 7 nitrogen and oxygen atoms in total. The lowest BCUT2D eigenvalue weighted by atomic mass is 9.96. The van der Waals surface area contributed by atoms with Gasteiger partial charge in [-0.1, -0.05) is 47.7 Å². The molecule has 1 aromatic heterocycles. The molecule has 1 atom stereocenters. The van der Waals surface area contributed by atoms with Crippen LogP contribution >= 0.6 is 11.3 Å². The number of methoxy groups -OCH3 is 3. The zero-order valence-corrected chi connectivity index (χ0v) is 18.9. The molecule has 32 heavy (non-hydrogen) atoms. The smallest absolute Gasteiger partial charge is 0.338 e. The number of fused-ring (bicyclic) bond motifs is 1. The highest BCUT2D eigenvalue weighted by atomic mass is 32.1. The van der Waals surface area contributed by atoms with Crippen molar-refractivity contribution in [2.45, 2.75) is 13.0 Å². The third-order valence-electron chi connectivity index (χ3n) is 5.25. The van der Waals surface area contributed by atoms with Gasteiger partial charge in [0, 0.05) is 0 Å². The van der Waals surface area contributed by atoms with Crippen molar-refractivity contribution >= 4 is 23.4 Å². The Balaban J connectivity index is 1.93. The summed E-state index contributed by atoms with van der Waals surface area (Å²) in [4.78, 5) is 31.2. The Kier molecular flexibility index (Phi) is 5.96. The maximum absolute atomic E-state index is 13.5. The van der Waals surface area contributed by atoms with Crippen LogP contribution in [0, 0.1) is 0 Å². The fourth-order valence-electron chi connectivity index (χ4n) is 3.74. The first-order valence-electron chi connectivity index (χ1n) is 9.86. The van der Waals surface area contributed by atoms with E-state index in [9.17, 15) is 9.59 Å². The van der Waals surface area contributed by atoms with Crippen LogP contribution in [0.15, 0.2) is 69.6 Å². The number of aromatic nitrogens is 1. The second-order valence-corrected chi connectivity index (χ2v) is 8.11. The number of rotatable bonds is 5. The molecule has 164 valence electrons. The van der Waals surface area contributed by atoms with Crippen LogP contribution in [0.5, 0.6) is 11.5 Å². The van der Waals surface area contributed by atoms with E-state index in [4.69, 9.17) is 14.2 Å². The highest BCUT2D eigenvalue weighted by Gasteiger charge is 2.32. The summed E-state index contributed by atoms with van der Waals surface area (Å²) in [7, 11) is 4.46. The monoisotopic (exact) mass is 450 g/mol. The molecule has 0 saturated heterocycles. The minimum atomic E-state index is -0.618. The van der Waals surface area contributed by atoms with E-state index in [2.05, 4.69) is 4.99 Å². The second kappa shape index (κ2) is 8.84. The van der Waals surface area contributed by atoms with Crippen molar-refractivity contribution in [2.24, 2.45) is 4.99 Å². The third kappa shape index (κ3) is 3.73. The molecule has 1 aliphatic rings. The molecular weight excluding hydrogens is 428 g/mol. The molecule has 0 amide bonds. The molecule has 0 spiro atoms. The van der Waals surface area contributed by atoms with Crippen molar-refractivity contribution in [3.05, 3.63) is 90.6 Å². The summed E-state index contributed by atoms with van der Waals surface area (Å²) in [5.74, 6) is 0.669. The van der Waals surface area contributed by atoms with E-state index < -0.39 is 12.0 Å². The molecule has 4 rings (SSSR count). The topological polar surface area (TPSA) is 79.1 Å². The van der Waals surface area contributed by atoms with E-state index in [1.54, 1.807) is 43.9 Å². The van der Waals surface area contributed by atoms with Gasteiger partial charge in [-0.05, 0) is 36.3 Å². The van der Waals surface area contributed by atoms with E-state index >= 15 is 0 Å². The van der Waals surface area contributed by atoms with E-state index in [0.717, 1.165) is 11.1 Å². The van der Waals surface area contributed by atoms with Crippen LogP contribution in [0.4, 0.5) is 0 Å². The molecule has 3 aromatic rings. The summed E-state index contributed by atoms with van der Waals surface area (Å²) in [6, 6.07) is 14.2. The summed E-state index contributed by atoms with van der Waals surface area (Å²) in [5, 5.41) is 0. The number of nitrogens with zero attached hydrogens (tertiary/aromatic N) is 2. The fourth-order valence-corrected chi connectivity index (χ4v) is 4.78. The van der Waals surface area contributed by atoms with Gasteiger partial charge >= 0.3 is 5.97 Å². The Morgan fingerprint density at radius 2 is 1.78 bits per heavy atom. The summed E-state index contributed by atoms with van der Waals surface area (Å²) in [6.45, 7) is 1.76. The van der Waals surface area contributed by atoms with Crippen LogP contribution in [-0.4, -0.2) is 31.9 Å². The number of hydrogen-bond donors (Lipinski definition) is 0. The molecule has 1 unspecified atom stereocenters. The van der Waals surface area contributed by atoms with Gasteiger partial charge in [0.15, 0.2) is 16.3 Å². The van der Waals surface area contributed by atoms with Crippen molar-refractivity contribution in [3.8, 4) is 11.5 Å². The molecule has 2 aromatic carbocycles. The summed E-state index contributed by atoms with van der Waals surface area (Å²) in [5.41, 5.74) is 2.24. The van der Waals surface area contributed by atoms with Gasteiger partial charge in [-0.25, -0.2) is 9.79 Å². The third-order valence-corrected chi connectivity index (χ3v) is 6.23. The van der Waals surface area contributed by atoms with Gasteiger partial charge in [-0.2, -0.15) is 0 Å². The second-order valence-electron chi connectivity index (χ2n) is 7.10. The number of thiazole rings is 1. The van der Waals surface area contributed by atoms with Gasteiger partial charge in [0.05, 0.1) is 43.2 Å². The van der Waals surface area contributed by atoms with E-state index in [1.165, 1.54) is 18.4 Å². The van der Waals surface area contributed by atoms with E-state index in [1.807, 2.05) is 36.4 Å². The summed E-state index contributed by atoms with van der Waals surface area (Å²) < 4.78 is 17.7. The lowest BCUT2D eigenvalue weighted by Crippen LogP contribution is -2.39. The predicted molar refractivity (Wildman–Crippen MR) is 122 cm³/mol. The van der Waals surface area contributed by atoms with Crippen LogP contribution in [0.2, 0.25) is 0 Å². The maximum atomic E-state index is 13.5. The zero-order chi connectivity index (χ0) is 22.8. The number of carbonyl (C=O) groups is 1. The van der Waals surface area contributed by atoms with Crippen molar-refractivity contribution in [1.29, 1.82) is 0 Å². The molecule has 0 fully saturated rings. The standard InChI is InChI=1S/C24H22N2O5S/c1-14-20(23(28)31-4)21(16-8-6-5-7-9-16)26-22(27)19(32-24(26)25-14)13-15-10-11-17(29-2)18(12-15)30-3/h5-13,21H,1-4H3. The van der Waals surface area contributed by atoms with Gasteiger partial charge in [0.25, 0.3) is 5.56 Å². The van der Waals surface area contributed by atoms with Gasteiger partial charge in [0.1, 0.15) is 0 Å². The van der Waals surface area contributed by atoms with E-state index in [0.29, 0.717) is 32.1 Å². The first kappa shape index (κ1) is 21.6. The maximum Gasteiger partial charge on any atom is 0.338 e. The van der Waals surface area contributed by atoms with Crippen molar-refractivity contribution < 1.29 is 19.0 Å². The van der Waals surface area contributed by atoms with Gasteiger partial charge in [-0.3, -0.25) is 9.36 Å². The Morgan fingerprint density at radius 3 is 2.44 bits per heavy atom. The Hall–Kier alpha value is -3.65. The first-order chi connectivity index (χ1) is 15.5. The number of benzene rings is 2. The van der Waals surface area contributed by atoms with Crippen LogP contribution < -0.4 is 24.4 Å². The van der Waals surface area contributed by atoms with Crippen LogP contribution in [0.1, 0.15) is 24.1 Å². The SMILES string of the molecule is COC(=O)C1=C(C)N=c2sc(=Cc3ccc(OC)c(OC)c3)c(=O)n2C1c1ccccc1. The van der Waals surface area contributed by atoms with E-state index in [-0.39, 0.29) is 5.56 Å². The lowest BCUT2D eigenvalue weighted by Gasteiger charge is -2.24. The summed E-state index contributed by atoms with van der Waals surface area (Å²) >= 11 is 1.27. The number of carbonyl (C=O) groups excluding carboxylic acids is 1. The Morgan fingerprint density at radius 1 is 1.06 bits per heavy atom. The molecule has 0 saturated carbocycles. The highest BCUT2D eigenvalue weighted by molar-refractivity contribution is 7.07. The van der Waals surface area contributed by atoms with Crippen LogP contribution in [0.25, 0.3) is 6.08 Å². The van der Waals surface area contributed by atoms with Crippen molar-refractivity contribution in [1.82, 2.24) is 4.57 Å². The van der Waals surface area contributed by atoms with Crippen molar-refractivity contribution in [2.75, 3.05) is 21.3 Å².